The highest BCUT2D eigenvalue weighted by Crippen LogP contribution is 2.21. The molecule has 1 atom stereocenters. The molecule has 2 aromatic carbocycles. The van der Waals surface area contributed by atoms with Crippen LogP contribution in [0, 0.1) is 5.82 Å². The van der Waals surface area contributed by atoms with E-state index in [0.29, 0.717) is 6.54 Å². The van der Waals surface area contributed by atoms with E-state index in [-0.39, 0.29) is 17.6 Å². The van der Waals surface area contributed by atoms with Crippen molar-refractivity contribution in [2.45, 2.75) is 25.9 Å². The predicted molar refractivity (Wildman–Crippen MR) is 84.3 cm³/mol. The summed E-state index contributed by atoms with van der Waals surface area (Å²) in [5, 5.41) is 4.16. The maximum absolute atomic E-state index is 13.7. The van der Waals surface area contributed by atoms with E-state index in [1.807, 2.05) is 30.3 Å². The van der Waals surface area contributed by atoms with E-state index in [2.05, 4.69) is 12.2 Å². The van der Waals surface area contributed by atoms with Gasteiger partial charge in [-0.25, -0.2) is 4.39 Å². The number of ether oxygens (including phenoxy) is 1. The molecule has 21 heavy (non-hydrogen) atoms. The molecule has 0 saturated carbocycles. The lowest BCUT2D eigenvalue weighted by molar-refractivity contribution is 0.386. The van der Waals surface area contributed by atoms with Crippen LogP contribution in [0.2, 0.25) is 5.02 Å². The Hall–Kier alpha value is -1.58. The predicted octanol–water partition coefficient (Wildman–Crippen LogP) is 4.73. The van der Waals surface area contributed by atoms with Gasteiger partial charge in [-0.05, 0) is 41.8 Å². The number of halogens is 2. The van der Waals surface area contributed by atoms with Gasteiger partial charge in [0.15, 0.2) is 11.6 Å². The Balaban J connectivity index is 2.03. The van der Waals surface area contributed by atoms with E-state index in [0.717, 1.165) is 17.0 Å². The molecule has 2 rings (SSSR count). The van der Waals surface area contributed by atoms with Crippen LogP contribution in [0.3, 0.4) is 0 Å². The van der Waals surface area contributed by atoms with Gasteiger partial charge in [-0.15, -0.1) is 0 Å². The summed E-state index contributed by atoms with van der Waals surface area (Å²) in [4.78, 5) is 0. The molecule has 0 radical (unpaired) electrons. The summed E-state index contributed by atoms with van der Waals surface area (Å²) in [5.74, 6) is -0.0696. The second-order valence-electron chi connectivity index (χ2n) is 4.86. The Morgan fingerprint density at radius 2 is 1.90 bits per heavy atom. The van der Waals surface area contributed by atoms with Crippen LogP contribution >= 0.6 is 11.6 Å². The Morgan fingerprint density at radius 3 is 2.48 bits per heavy atom. The first-order valence-corrected chi connectivity index (χ1v) is 7.33. The lowest BCUT2D eigenvalue weighted by Gasteiger charge is -2.18. The maximum Gasteiger partial charge on any atom is 0.165 e. The minimum atomic E-state index is -0.337. The van der Waals surface area contributed by atoms with Gasteiger partial charge in [0.1, 0.15) is 0 Å². The first-order chi connectivity index (χ1) is 10.1. The zero-order valence-corrected chi connectivity index (χ0v) is 13.0. The summed E-state index contributed by atoms with van der Waals surface area (Å²) in [7, 11) is 1.46. The van der Waals surface area contributed by atoms with E-state index < -0.39 is 0 Å². The number of hydrogen-bond donors (Lipinski definition) is 1. The molecule has 4 heteroatoms. The van der Waals surface area contributed by atoms with Gasteiger partial charge in [0, 0.05) is 17.6 Å². The smallest absolute Gasteiger partial charge is 0.165 e. The normalized spacial score (nSPS) is 12.2. The molecule has 0 aliphatic heterocycles. The average molecular weight is 308 g/mol. The standard InChI is InChI=1S/C17H19ClFNO/c1-3-16(13-5-7-14(18)8-6-13)20-11-12-4-9-17(21-2)15(19)10-12/h4-10,16,20H,3,11H2,1-2H3. The van der Waals surface area contributed by atoms with Crippen LogP contribution in [-0.2, 0) is 6.54 Å². The van der Waals surface area contributed by atoms with Crippen molar-refractivity contribution in [2.24, 2.45) is 0 Å². The van der Waals surface area contributed by atoms with E-state index in [1.165, 1.54) is 18.7 Å². The van der Waals surface area contributed by atoms with Crippen molar-refractivity contribution >= 4 is 11.6 Å². The fourth-order valence-electron chi connectivity index (χ4n) is 2.25. The minimum Gasteiger partial charge on any atom is -0.494 e. The maximum atomic E-state index is 13.7. The number of benzene rings is 2. The molecule has 2 nitrogen and oxygen atoms in total. The molecule has 0 amide bonds. The van der Waals surface area contributed by atoms with Crippen molar-refractivity contribution in [3.63, 3.8) is 0 Å². The second-order valence-corrected chi connectivity index (χ2v) is 5.30. The minimum absolute atomic E-state index is 0.215. The molecule has 0 fully saturated rings. The van der Waals surface area contributed by atoms with Gasteiger partial charge < -0.3 is 10.1 Å². The molecule has 2 aromatic rings. The summed E-state index contributed by atoms with van der Waals surface area (Å²) < 4.78 is 18.6. The molecule has 0 heterocycles. The van der Waals surface area contributed by atoms with Crippen LogP contribution < -0.4 is 10.1 Å². The van der Waals surface area contributed by atoms with Crippen molar-refractivity contribution < 1.29 is 9.13 Å². The zero-order chi connectivity index (χ0) is 15.2. The van der Waals surface area contributed by atoms with E-state index in [1.54, 1.807) is 6.07 Å². The summed E-state index contributed by atoms with van der Waals surface area (Å²) in [6, 6.07) is 13.0. The van der Waals surface area contributed by atoms with Crippen LogP contribution in [0.1, 0.15) is 30.5 Å². The quantitative estimate of drug-likeness (QED) is 0.833. The Labute approximate surface area is 129 Å². The third-order valence-electron chi connectivity index (χ3n) is 3.45. The number of nitrogens with one attached hydrogen (secondary N) is 1. The Bertz CT molecular complexity index is 586. The van der Waals surface area contributed by atoms with Crippen LogP contribution in [0.15, 0.2) is 42.5 Å². The van der Waals surface area contributed by atoms with Crippen LogP contribution in [0.25, 0.3) is 0 Å². The number of hydrogen-bond acceptors (Lipinski definition) is 2. The Kier molecular flexibility index (Phi) is 5.59. The molecule has 0 aliphatic rings. The summed E-state index contributed by atoms with van der Waals surface area (Å²) in [6.07, 6.45) is 0.945. The summed E-state index contributed by atoms with van der Waals surface area (Å²) in [6.45, 7) is 2.71. The van der Waals surface area contributed by atoms with Gasteiger partial charge in [-0.3, -0.25) is 0 Å². The van der Waals surface area contributed by atoms with Gasteiger partial charge in [0.25, 0.3) is 0 Å². The first kappa shape index (κ1) is 15.8. The molecule has 0 saturated heterocycles. The largest absolute Gasteiger partial charge is 0.494 e. The van der Waals surface area contributed by atoms with Crippen molar-refractivity contribution in [1.82, 2.24) is 5.32 Å². The van der Waals surface area contributed by atoms with Crippen LogP contribution in [0.5, 0.6) is 5.75 Å². The van der Waals surface area contributed by atoms with Gasteiger partial charge in [-0.1, -0.05) is 36.7 Å². The fourth-order valence-corrected chi connectivity index (χ4v) is 2.38. The highest BCUT2D eigenvalue weighted by Gasteiger charge is 2.09. The lowest BCUT2D eigenvalue weighted by Crippen LogP contribution is -2.20. The van der Waals surface area contributed by atoms with E-state index in [9.17, 15) is 4.39 Å². The van der Waals surface area contributed by atoms with Crippen LogP contribution in [-0.4, -0.2) is 7.11 Å². The van der Waals surface area contributed by atoms with Gasteiger partial charge in [0.2, 0.25) is 0 Å². The molecular formula is C17H19ClFNO. The number of methoxy groups -OCH3 is 1. The molecular weight excluding hydrogens is 289 g/mol. The summed E-state index contributed by atoms with van der Waals surface area (Å²) in [5.41, 5.74) is 2.07. The van der Waals surface area contributed by atoms with Crippen molar-refractivity contribution in [3.05, 3.63) is 64.4 Å². The first-order valence-electron chi connectivity index (χ1n) is 6.95. The topological polar surface area (TPSA) is 21.3 Å². The number of rotatable bonds is 6. The SMILES string of the molecule is CCC(NCc1ccc(OC)c(F)c1)c1ccc(Cl)cc1. The highest BCUT2D eigenvalue weighted by atomic mass is 35.5. The summed E-state index contributed by atoms with van der Waals surface area (Å²) >= 11 is 5.90. The van der Waals surface area contributed by atoms with E-state index >= 15 is 0 Å². The molecule has 1 N–H and O–H groups in total. The molecule has 0 bridgehead atoms. The third-order valence-corrected chi connectivity index (χ3v) is 3.70. The molecule has 0 spiro atoms. The van der Waals surface area contributed by atoms with Gasteiger partial charge >= 0.3 is 0 Å². The molecule has 112 valence electrons. The monoisotopic (exact) mass is 307 g/mol. The molecule has 0 aromatic heterocycles. The highest BCUT2D eigenvalue weighted by molar-refractivity contribution is 6.30. The van der Waals surface area contributed by atoms with Gasteiger partial charge in [0.05, 0.1) is 7.11 Å². The average Bonchev–Trinajstić information content (AvgIpc) is 2.49. The van der Waals surface area contributed by atoms with Crippen LogP contribution in [0.4, 0.5) is 4.39 Å². The van der Waals surface area contributed by atoms with Crippen molar-refractivity contribution in [3.8, 4) is 5.75 Å². The second kappa shape index (κ2) is 7.43. The fraction of sp³-hybridized carbons (Fsp3) is 0.294. The van der Waals surface area contributed by atoms with Gasteiger partial charge in [-0.2, -0.15) is 0 Å². The zero-order valence-electron chi connectivity index (χ0n) is 12.2. The molecule has 0 aliphatic carbocycles. The lowest BCUT2D eigenvalue weighted by atomic mass is 10.0. The van der Waals surface area contributed by atoms with Crippen molar-refractivity contribution in [2.75, 3.05) is 7.11 Å². The Morgan fingerprint density at radius 1 is 1.19 bits per heavy atom. The van der Waals surface area contributed by atoms with E-state index in [4.69, 9.17) is 16.3 Å². The molecule has 1 unspecified atom stereocenters. The van der Waals surface area contributed by atoms with Crippen molar-refractivity contribution in [1.29, 1.82) is 0 Å². The third kappa shape index (κ3) is 4.19.